The van der Waals surface area contributed by atoms with E-state index in [0.29, 0.717) is 20.9 Å². The highest BCUT2D eigenvalue weighted by molar-refractivity contribution is 6.41. The summed E-state index contributed by atoms with van der Waals surface area (Å²) in [5.74, 6) is -0.710. The molecule has 0 aliphatic heterocycles. The lowest BCUT2D eigenvalue weighted by atomic mass is 10.2. The largest absolute Gasteiger partial charge is 0.493 e. The van der Waals surface area contributed by atoms with Crippen LogP contribution in [0.1, 0.15) is 5.56 Å². The Morgan fingerprint density at radius 2 is 1.87 bits per heavy atom. The maximum atomic E-state index is 11.9. The summed E-state index contributed by atoms with van der Waals surface area (Å²) in [4.78, 5) is 18.4. The van der Waals surface area contributed by atoms with E-state index in [4.69, 9.17) is 23.2 Å². The second kappa shape index (κ2) is 6.36. The number of benzene rings is 1. The number of nitrogens with one attached hydrogen (secondary N) is 1. The number of nitrogens with zero attached hydrogens (tertiary/aromatic N) is 3. The van der Waals surface area contributed by atoms with Gasteiger partial charge in [0.1, 0.15) is 0 Å². The Hall–Kier alpha value is -2.44. The van der Waals surface area contributed by atoms with Crippen LogP contribution in [0.25, 0.3) is 10.9 Å². The molecule has 0 atom stereocenters. The van der Waals surface area contributed by atoms with Crippen molar-refractivity contribution in [2.75, 3.05) is 0 Å². The van der Waals surface area contributed by atoms with Gasteiger partial charge in [0, 0.05) is 12.4 Å². The Morgan fingerprint density at radius 3 is 2.61 bits per heavy atom. The van der Waals surface area contributed by atoms with E-state index in [0.717, 1.165) is 5.56 Å². The number of carbonyl (C=O) groups excluding carboxylic acids is 1. The third-order valence-corrected chi connectivity index (χ3v) is 3.80. The van der Waals surface area contributed by atoms with Crippen LogP contribution in [-0.4, -0.2) is 21.0 Å². The van der Waals surface area contributed by atoms with Gasteiger partial charge in [-0.05, 0) is 29.8 Å². The van der Waals surface area contributed by atoms with Crippen molar-refractivity contribution in [3.05, 3.63) is 52.3 Å². The fraction of sp³-hybridized carbons (Fsp3) is 0.0667. The molecule has 0 aliphatic carbocycles. The smallest absolute Gasteiger partial charge is 0.269 e. The standard InChI is InChI=1S/C15H10Cl2N4O2/c16-9-1-2-10(17)13-12(9)14(15(23)19-13)21-20-11(22)7-8-3-5-18-6-4-8/h1-6,19,23H,7H2. The molecule has 0 unspecified atom stereocenters. The van der Waals surface area contributed by atoms with Gasteiger partial charge in [-0.3, -0.25) is 9.78 Å². The molecule has 1 amide bonds. The van der Waals surface area contributed by atoms with E-state index in [1.165, 1.54) is 0 Å². The number of amides is 1. The highest BCUT2D eigenvalue weighted by Gasteiger charge is 2.16. The van der Waals surface area contributed by atoms with Crippen LogP contribution in [-0.2, 0) is 11.2 Å². The van der Waals surface area contributed by atoms with E-state index in [2.05, 4.69) is 20.2 Å². The van der Waals surface area contributed by atoms with Crippen LogP contribution in [0.5, 0.6) is 5.88 Å². The first-order chi connectivity index (χ1) is 11.1. The number of hydrogen-bond acceptors (Lipinski definition) is 4. The van der Waals surface area contributed by atoms with Gasteiger partial charge in [0.15, 0.2) is 5.69 Å². The summed E-state index contributed by atoms with van der Waals surface area (Å²) in [6.07, 6.45) is 3.27. The molecule has 0 radical (unpaired) electrons. The van der Waals surface area contributed by atoms with Gasteiger partial charge in [0.05, 0.1) is 27.4 Å². The minimum atomic E-state index is -0.455. The van der Waals surface area contributed by atoms with Crippen LogP contribution in [0.3, 0.4) is 0 Å². The van der Waals surface area contributed by atoms with Crippen LogP contribution in [0.4, 0.5) is 5.69 Å². The molecule has 8 heteroatoms. The first kappa shape index (κ1) is 15.5. The van der Waals surface area contributed by atoms with E-state index in [9.17, 15) is 9.90 Å². The van der Waals surface area contributed by atoms with Crippen molar-refractivity contribution >= 4 is 45.7 Å². The molecule has 1 aromatic carbocycles. The molecule has 2 heterocycles. The van der Waals surface area contributed by atoms with E-state index in [1.807, 2.05) is 0 Å². The van der Waals surface area contributed by atoms with E-state index < -0.39 is 5.91 Å². The van der Waals surface area contributed by atoms with Gasteiger partial charge < -0.3 is 10.1 Å². The number of aromatic amines is 1. The van der Waals surface area contributed by atoms with Crippen molar-refractivity contribution < 1.29 is 9.90 Å². The number of fused-ring (bicyclic) bond motifs is 1. The fourth-order valence-electron chi connectivity index (χ4n) is 2.12. The van der Waals surface area contributed by atoms with Gasteiger partial charge in [0.25, 0.3) is 5.91 Å². The summed E-state index contributed by atoms with van der Waals surface area (Å²) in [5, 5.41) is 18.5. The number of H-pyrrole nitrogens is 1. The Kier molecular flexibility index (Phi) is 4.27. The molecule has 0 spiro atoms. The molecule has 6 nitrogen and oxygen atoms in total. The molecule has 0 bridgehead atoms. The number of halogens is 2. The predicted molar refractivity (Wildman–Crippen MR) is 87.4 cm³/mol. The van der Waals surface area contributed by atoms with Crippen molar-refractivity contribution in [3.63, 3.8) is 0 Å². The second-order valence-electron chi connectivity index (χ2n) is 4.73. The normalized spacial score (nSPS) is 11.4. The summed E-state index contributed by atoms with van der Waals surface area (Å²) in [6, 6.07) is 6.61. The number of aromatic hydroxyl groups is 1. The van der Waals surface area contributed by atoms with Crippen LogP contribution < -0.4 is 0 Å². The molecule has 0 aliphatic rings. The van der Waals surface area contributed by atoms with Gasteiger partial charge in [-0.1, -0.05) is 23.2 Å². The van der Waals surface area contributed by atoms with Gasteiger partial charge in [0.2, 0.25) is 5.88 Å². The third-order valence-electron chi connectivity index (χ3n) is 3.17. The maximum absolute atomic E-state index is 11.9. The lowest BCUT2D eigenvalue weighted by molar-refractivity contribution is -0.117. The summed E-state index contributed by atoms with van der Waals surface area (Å²) >= 11 is 12.1. The Labute approximate surface area is 140 Å². The van der Waals surface area contributed by atoms with Gasteiger partial charge in [-0.15, -0.1) is 10.2 Å². The molecule has 2 N–H and O–H groups in total. The molecule has 0 saturated heterocycles. The number of pyridine rings is 1. The molecule has 3 rings (SSSR count). The average molecular weight is 349 g/mol. The first-order valence-electron chi connectivity index (χ1n) is 6.58. The van der Waals surface area contributed by atoms with Gasteiger partial charge in [-0.25, -0.2) is 0 Å². The number of rotatable bonds is 3. The lowest BCUT2D eigenvalue weighted by Crippen LogP contribution is -1.97. The minimum Gasteiger partial charge on any atom is -0.493 e. The highest BCUT2D eigenvalue weighted by Crippen LogP contribution is 2.42. The predicted octanol–water partition coefficient (Wildman–Crippen LogP) is 4.43. The van der Waals surface area contributed by atoms with Crippen molar-refractivity contribution in [2.24, 2.45) is 10.2 Å². The quantitative estimate of drug-likeness (QED) is 0.686. The SMILES string of the molecule is O=C(Cc1ccncc1)N=Nc1c(O)[nH]c2c(Cl)ccc(Cl)c12. The van der Waals surface area contributed by atoms with Gasteiger partial charge >= 0.3 is 0 Å². The fourth-order valence-corrected chi connectivity index (χ4v) is 2.57. The van der Waals surface area contributed by atoms with E-state index >= 15 is 0 Å². The number of azo groups is 1. The summed E-state index contributed by atoms with van der Waals surface area (Å²) in [5.41, 5.74) is 1.29. The van der Waals surface area contributed by atoms with Crippen LogP contribution >= 0.6 is 23.2 Å². The number of aromatic nitrogens is 2. The molecule has 116 valence electrons. The first-order valence-corrected chi connectivity index (χ1v) is 7.34. The topological polar surface area (TPSA) is 90.7 Å². The van der Waals surface area contributed by atoms with E-state index in [1.54, 1.807) is 36.7 Å². The molecule has 0 fully saturated rings. The molecule has 0 saturated carbocycles. The van der Waals surface area contributed by atoms with Crippen LogP contribution in [0.2, 0.25) is 10.0 Å². The number of carbonyl (C=O) groups is 1. The minimum absolute atomic E-state index is 0.0792. The van der Waals surface area contributed by atoms with Crippen LogP contribution in [0.15, 0.2) is 46.9 Å². The number of hydrogen-bond donors (Lipinski definition) is 2. The molecular formula is C15H10Cl2N4O2. The Bertz CT molecular complexity index is 907. The molecule has 3 aromatic rings. The summed E-state index contributed by atoms with van der Waals surface area (Å²) in [6.45, 7) is 0. The molecule has 2 aromatic heterocycles. The van der Waals surface area contributed by atoms with E-state index in [-0.39, 0.29) is 18.0 Å². The van der Waals surface area contributed by atoms with Crippen molar-refractivity contribution in [3.8, 4) is 5.88 Å². The Balaban J connectivity index is 1.91. The highest BCUT2D eigenvalue weighted by atomic mass is 35.5. The zero-order valence-corrected chi connectivity index (χ0v) is 13.1. The molecular weight excluding hydrogens is 339 g/mol. The Morgan fingerprint density at radius 1 is 1.17 bits per heavy atom. The lowest BCUT2D eigenvalue weighted by Gasteiger charge is -1.97. The zero-order valence-electron chi connectivity index (χ0n) is 11.6. The molecule has 23 heavy (non-hydrogen) atoms. The van der Waals surface area contributed by atoms with Crippen molar-refractivity contribution in [1.29, 1.82) is 0 Å². The maximum Gasteiger partial charge on any atom is 0.269 e. The summed E-state index contributed by atoms with van der Waals surface area (Å²) in [7, 11) is 0. The monoisotopic (exact) mass is 348 g/mol. The van der Waals surface area contributed by atoms with Gasteiger partial charge in [-0.2, -0.15) is 0 Å². The zero-order chi connectivity index (χ0) is 16.4. The van der Waals surface area contributed by atoms with Crippen molar-refractivity contribution in [2.45, 2.75) is 6.42 Å². The second-order valence-corrected chi connectivity index (χ2v) is 5.54. The van der Waals surface area contributed by atoms with Crippen molar-refractivity contribution in [1.82, 2.24) is 9.97 Å². The average Bonchev–Trinajstić information content (AvgIpc) is 2.88. The summed E-state index contributed by atoms with van der Waals surface area (Å²) < 4.78 is 0. The third kappa shape index (κ3) is 3.18. The van der Waals surface area contributed by atoms with Crippen LogP contribution in [0, 0.1) is 0 Å².